The molecule has 0 aliphatic heterocycles. The summed E-state index contributed by atoms with van der Waals surface area (Å²) in [5, 5.41) is 10.1. The molecule has 0 heterocycles. The minimum atomic E-state index is -0.311. The Morgan fingerprint density at radius 1 is 1.28 bits per heavy atom. The molecule has 0 aromatic heterocycles. The molecule has 1 aromatic carbocycles. The van der Waals surface area contributed by atoms with Crippen molar-refractivity contribution in [3.63, 3.8) is 0 Å². The van der Waals surface area contributed by atoms with E-state index in [9.17, 15) is 9.90 Å². The van der Waals surface area contributed by atoms with Gasteiger partial charge in [-0.15, -0.1) is 0 Å². The Morgan fingerprint density at radius 3 is 2.28 bits per heavy atom. The topological polar surface area (TPSA) is 37.3 Å². The zero-order valence-electron chi connectivity index (χ0n) is 12.0. The molecule has 0 amide bonds. The SMILES string of the molecule is CCC(=O)CC(C)(C)c1c(C)cc(C)cc1O.[Y]. The first-order valence-electron chi connectivity index (χ1n) is 6.10. The molecule has 1 aromatic rings. The molecule has 18 heavy (non-hydrogen) atoms. The minimum Gasteiger partial charge on any atom is -0.508 e. The third kappa shape index (κ3) is 4.17. The second-order valence-electron chi connectivity index (χ2n) is 5.43. The molecular weight excluding hydrogens is 301 g/mol. The Kier molecular flexibility index (Phi) is 6.74. The quantitative estimate of drug-likeness (QED) is 0.918. The number of aromatic hydroxyl groups is 1. The van der Waals surface area contributed by atoms with Crippen LogP contribution in [0.2, 0.25) is 0 Å². The molecule has 0 aliphatic carbocycles. The summed E-state index contributed by atoms with van der Waals surface area (Å²) < 4.78 is 0. The van der Waals surface area contributed by atoms with E-state index in [4.69, 9.17) is 0 Å². The van der Waals surface area contributed by atoms with Gasteiger partial charge in [0.2, 0.25) is 0 Å². The van der Waals surface area contributed by atoms with Crippen molar-refractivity contribution in [3.05, 3.63) is 28.8 Å². The second-order valence-corrected chi connectivity index (χ2v) is 5.43. The molecule has 3 heteroatoms. The van der Waals surface area contributed by atoms with Crippen LogP contribution in [0.3, 0.4) is 0 Å². The zero-order valence-corrected chi connectivity index (χ0v) is 14.8. The van der Waals surface area contributed by atoms with Crippen molar-refractivity contribution >= 4 is 5.78 Å². The van der Waals surface area contributed by atoms with E-state index in [1.165, 1.54) is 0 Å². The Hall–Kier alpha value is -0.206. The molecule has 0 bridgehead atoms. The van der Waals surface area contributed by atoms with E-state index in [-0.39, 0.29) is 43.9 Å². The van der Waals surface area contributed by atoms with Gasteiger partial charge in [0.15, 0.2) is 0 Å². The van der Waals surface area contributed by atoms with Crippen LogP contribution < -0.4 is 0 Å². The molecule has 0 atom stereocenters. The zero-order chi connectivity index (χ0) is 13.2. The summed E-state index contributed by atoms with van der Waals surface area (Å²) in [5.41, 5.74) is 2.68. The van der Waals surface area contributed by atoms with Gasteiger partial charge in [0.1, 0.15) is 11.5 Å². The molecule has 0 aliphatic rings. The Labute approximate surface area is 135 Å². The summed E-state index contributed by atoms with van der Waals surface area (Å²) in [6, 6.07) is 3.81. The molecular formula is C15H22O2Y. The van der Waals surface area contributed by atoms with E-state index in [1.807, 2.05) is 40.7 Å². The van der Waals surface area contributed by atoms with Crippen LogP contribution in [-0.4, -0.2) is 10.9 Å². The van der Waals surface area contributed by atoms with Gasteiger partial charge in [-0.25, -0.2) is 0 Å². The summed E-state index contributed by atoms with van der Waals surface area (Å²) in [4.78, 5) is 11.6. The van der Waals surface area contributed by atoms with Crippen molar-refractivity contribution in [2.45, 2.75) is 52.9 Å². The number of benzene rings is 1. The van der Waals surface area contributed by atoms with Gasteiger partial charge in [0.05, 0.1) is 0 Å². The summed E-state index contributed by atoms with van der Waals surface area (Å²) in [6.45, 7) is 9.84. The van der Waals surface area contributed by atoms with Crippen molar-refractivity contribution in [3.8, 4) is 5.75 Å². The summed E-state index contributed by atoms with van der Waals surface area (Å²) >= 11 is 0. The average Bonchev–Trinajstić information content (AvgIpc) is 2.14. The van der Waals surface area contributed by atoms with Gasteiger partial charge in [-0.05, 0) is 31.0 Å². The standard InChI is InChI=1S/C15H22O2.Y/c1-6-12(16)9-15(4,5)14-11(3)7-10(2)8-13(14)17;/h7-8,17H,6,9H2,1-5H3;. The first kappa shape index (κ1) is 17.8. The van der Waals surface area contributed by atoms with Gasteiger partial charge in [-0.1, -0.05) is 26.8 Å². The number of carbonyl (C=O) groups excluding carboxylic acids is 1. The fourth-order valence-corrected chi connectivity index (χ4v) is 2.53. The largest absolute Gasteiger partial charge is 0.508 e. The number of aryl methyl sites for hydroxylation is 2. The second kappa shape index (κ2) is 6.81. The number of phenolic OH excluding ortho intramolecular Hbond substituents is 1. The van der Waals surface area contributed by atoms with Gasteiger partial charge in [-0.3, -0.25) is 4.79 Å². The van der Waals surface area contributed by atoms with Crippen molar-refractivity contribution in [2.24, 2.45) is 0 Å². The fraction of sp³-hybridized carbons (Fsp3) is 0.533. The third-order valence-electron chi connectivity index (χ3n) is 3.17. The van der Waals surface area contributed by atoms with Crippen molar-refractivity contribution in [2.75, 3.05) is 0 Å². The fourth-order valence-electron chi connectivity index (χ4n) is 2.53. The van der Waals surface area contributed by atoms with Crippen LogP contribution in [0.5, 0.6) is 5.75 Å². The number of carbonyl (C=O) groups is 1. The van der Waals surface area contributed by atoms with Gasteiger partial charge in [0.25, 0.3) is 0 Å². The first-order valence-corrected chi connectivity index (χ1v) is 6.10. The van der Waals surface area contributed by atoms with E-state index >= 15 is 0 Å². The number of hydrogen-bond acceptors (Lipinski definition) is 2. The predicted molar refractivity (Wildman–Crippen MR) is 70.5 cm³/mol. The smallest absolute Gasteiger partial charge is 0.133 e. The molecule has 0 saturated heterocycles. The number of rotatable bonds is 4. The Morgan fingerprint density at radius 2 is 1.83 bits per heavy atom. The van der Waals surface area contributed by atoms with Gasteiger partial charge < -0.3 is 5.11 Å². The third-order valence-corrected chi connectivity index (χ3v) is 3.17. The van der Waals surface area contributed by atoms with Crippen LogP contribution in [0, 0.1) is 13.8 Å². The van der Waals surface area contributed by atoms with Gasteiger partial charge >= 0.3 is 0 Å². The molecule has 0 saturated carbocycles. The van der Waals surface area contributed by atoms with Crippen LogP contribution in [-0.2, 0) is 42.9 Å². The summed E-state index contributed by atoms with van der Waals surface area (Å²) in [5.74, 6) is 0.533. The van der Waals surface area contributed by atoms with Crippen LogP contribution in [0.1, 0.15) is 50.3 Å². The molecule has 2 nitrogen and oxygen atoms in total. The molecule has 1 N–H and O–H groups in total. The van der Waals surface area contributed by atoms with Crippen LogP contribution >= 0.6 is 0 Å². The first-order chi connectivity index (χ1) is 7.77. The molecule has 0 spiro atoms. The van der Waals surface area contributed by atoms with E-state index in [0.29, 0.717) is 18.6 Å². The Bertz CT molecular complexity index is 413. The maximum absolute atomic E-state index is 11.6. The van der Waals surface area contributed by atoms with Gasteiger partial charge in [0, 0.05) is 56.5 Å². The maximum Gasteiger partial charge on any atom is 0.133 e. The number of hydrogen-bond donors (Lipinski definition) is 1. The number of ketones is 1. The van der Waals surface area contributed by atoms with Crippen molar-refractivity contribution < 1.29 is 42.6 Å². The monoisotopic (exact) mass is 323 g/mol. The van der Waals surface area contributed by atoms with E-state index in [0.717, 1.165) is 16.7 Å². The van der Waals surface area contributed by atoms with Crippen LogP contribution in [0.4, 0.5) is 0 Å². The average molecular weight is 323 g/mol. The predicted octanol–water partition coefficient (Wildman–Crippen LogP) is 3.65. The molecule has 1 radical (unpaired) electrons. The number of Topliss-reactive ketones (excluding diaryl/α,β-unsaturated/α-hetero) is 1. The van der Waals surface area contributed by atoms with Crippen molar-refractivity contribution in [1.82, 2.24) is 0 Å². The number of phenols is 1. The summed E-state index contributed by atoms with van der Waals surface area (Å²) in [7, 11) is 0. The minimum absolute atomic E-state index is 0. The van der Waals surface area contributed by atoms with E-state index < -0.39 is 0 Å². The van der Waals surface area contributed by atoms with E-state index in [2.05, 4.69) is 0 Å². The molecule has 97 valence electrons. The summed E-state index contributed by atoms with van der Waals surface area (Å²) in [6.07, 6.45) is 1.02. The van der Waals surface area contributed by atoms with Crippen LogP contribution in [0.25, 0.3) is 0 Å². The molecule has 1 rings (SSSR count). The van der Waals surface area contributed by atoms with E-state index in [1.54, 1.807) is 6.07 Å². The molecule has 0 unspecified atom stereocenters. The Balaban J connectivity index is 0.00000289. The van der Waals surface area contributed by atoms with Crippen LogP contribution in [0.15, 0.2) is 12.1 Å². The van der Waals surface area contributed by atoms with Crippen molar-refractivity contribution in [1.29, 1.82) is 0 Å². The molecule has 0 fully saturated rings. The maximum atomic E-state index is 11.6. The normalized spacial score (nSPS) is 10.9. The van der Waals surface area contributed by atoms with Gasteiger partial charge in [-0.2, -0.15) is 0 Å².